The Hall–Kier alpha value is 0.0969. The molecule has 2 heterocycles. The van der Waals surface area contributed by atoms with Gasteiger partial charge in [-0.1, -0.05) is 20.8 Å². The average Bonchev–Trinajstić information content (AvgIpc) is 2.54. The van der Waals surface area contributed by atoms with Gasteiger partial charge < -0.3 is 13.9 Å². The van der Waals surface area contributed by atoms with E-state index in [1.807, 2.05) is 0 Å². The molecule has 0 aromatic heterocycles. The van der Waals surface area contributed by atoms with E-state index in [4.69, 9.17) is 13.9 Å². The second-order valence-corrected chi connectivity index (χ2v) is 12.5. The van der Waals surface area contributed by atoms with Crippen molar-refractivity contribution in [1.29, 1.82) is 0 Å². The Morgan fingerprint density at radius 1 is 1.11 bits per heavy atom. The Kier molecular flexibility index (Phi) is 2.94. The van der Waals surface area contributed by atoms with Gasteiger partial charge in [-0.15, -0.1) is 0 Å². The molecule has 104 valence electrons. The van der Waals surface area contributed by atoms with Gasteiger partial charge in [-0.3, -0.25) is 0 Å². The second-order valence-electron chi connectivity index (χ2n) is 7.71. The van der Waals surface area contributed by atoms with Crippen molar-refractivity contribution in [2.24, 2.45) is 11.8 Å². The summed E-state index contributed by atoms with van der Waals surface area (Å²) >= 11 is 0. The summed E-state index contributed by atoms with van der Waals surface area (Å²) in [4.78, 5) is 0. The van der Waals surface area contributed by atoms with Crippen molar-refractivity contribution in [3.63, 3.8) is 0 Å². The third-order valence-corrected chi connectivity index (χ3v) is 9.85. The predicted octanol–water partition coefficient (Wildman–Crippen LogP) is 3.16. The molecule has 3 nitrogen and oxygen atoms in total. The monoisotopic (exact) mass is 270 g/mol. The van der Waals surface area contributed by atoms with Crippen LogP contribution in [0, 0.1) is 11.8 Å². The molecule has 3 fully saturated rings. The van der Waals surface area contributed by atoms with Crippen molar-refractivity contribution in [3.05, 3.63) is 0 Å². The van der Waals surface area contributed by atoms with Crippen LogP contribution in [-0.4, -0.2) is 33.4 Å². The third-order valence-electron chi connectivity index (χ3n) is 5.38. The molecule has 0 aromatic carbocycles. The summed E-state index contributed by atoms with van der Waals surface area (Å²) in [7, 11) is -1.71. The zero-order valence-electron chi connectivity index (χ0n) is 12.2. The molecule has 0 amide bonds. The molecule has 3 rings (SSSR count). The zero-order valence-corrected chi connectivity index (χ0v) is 13.2. The van der Waals surface area contributed by atoms with Crippen LogP contribution in [-0.2, 0) is 13.9 Å². The molecule has 3 bridgehead atoms. The van der Waals surface area contributed by atoms with E-state index in [0.29, 0.717) is 11.8 Å². The maximum absolute atomic E-state index is 6.64. The van der Waals surface area contributed by atoms with E-state index in [1.165, 1.54) is 6.42 Å². The SMILES string of the molecule is CC(C)(C)[Si](C)(C)OC1C2COC3OC1CC3C2. The summed E-state index contributed by atoms with van der Waals surface area (Å²) in [6.07, 6.45) is 3.00. The van der Waals surface area contributed by atoms with Crippen LogP contribution >= 0.6 is 0 Å². The van der Waals surface area contributed by atoms with Crippen LogP contribution in [0.4, 0.5) is 0 Å². The van der Waals surface area contributed by atoms with E-state index in [-0.39, 0.29) is 23.5 Å². The standard InChI is InChI=1S/C14H26O3Si/c1-14(2,3)18(4,5)17-12-10-6-9-7-11(12)16-13(9)15-8-10/h9-13H,6-8H2,1-5H3. The van der Waals surface area contributed by atoms with E-state index < -0.39 is 8.32 Å². The highest BCUT2D eigenvalue weighted by atomic mass is 28.4. The topological polar surface area (TPSA) is 27.7 Å². The molecule has 2 saturated heterocycles. The van der Waals surface area contributed by atoms with E-state index in [0.717, 1.165) is 13.0 Å². The average molecular weight is 270 g/mol. The van der Waals surface area contributed by atoms with Gasteiger partial charge in [0, 0.05) is 11.8 Å². The van der Waals surface area contributed by atoms with Crippen LogP contribution in [0.3, 0.4) is 0 Å². The summed E-state index contributed by atoms with van der Waals surface area (Å²) < 4.78 is 18.5. The fraction of sp³-hybridized carbons (Fsp3) is 1.00. The minimum absolute atomic E-state index is 0.0688. The van der Waals surface area contributed by atoms with E-state index in [1.54, 1.807) is 0 Å². The molecule has 0 N–H and O–H groups in total. The highest BCUT2D eigenvalue weighted by Crippen LogP contribution is 2.49. The highest BCUT2D eigenvalue weighted by Gasteiger charge is 2.54. The van der Waals surface area contributed by atoms with Crippen molar-refractivity contribution >= 4 is 8.32 Å². The molecule has 2 aliphatic heterocycles. The predicted molar refractivity (Wildman–Crippen MR) is 72.9 cm³/mol. The van der Waals surface area contributed by atoms with E-state index in [2.05, 4.69) is 33.9 Å². The lowest BCUT2D eigenvalue weighted by atomic mass is 9.78. The maximum atomic E-state index is 6.64. The van der Waals surface area contributed by atoms with Gasteiger partial charge in [0.1, 0.15) is 0 Å². The lowest BCUT2D eigenvalue weighted by Gasteiger charge is -2.44. The van der Waals surface area contributed by atoms with Crippen LogP contribution in [0.5, 0.6) is 0 Å². The summed E-state index contributed by atoms with van der Waals surface area (Å²) in [6.45, 7) is 12.4. The molecule has 0 radical (unpaired) electrons. The Morgan fingerprint density at radius 2 is 1.83 bits per heavy atom. The first-order chi connectivity index (χ1) is 8.28. The van der Waals surface area contributed by atoms with Crippen LogP contribution < -0.4 is 0 Å². The largest absolute Gasteiger partial charge is 0.411 e. The van der Waals surface area contributed by atoms with Crippen LogP contribution in [0.15, 0.2) is 0 Å². The van der Waals surface area contributed by atoms with Crippen LogP contribution in [0.25, 0.3) is 0 Å². The second kappa shape index (κ2) is 4.04. The lowest BCUT2D eigenvalue weighted by Crippen LogP contribution is -2.51. The number of hydrogen-bond acceptors (Lipinski definition) is 3. The molecule has 18 heavy (non-hydrogen) atoms. The lowest BCUT2D eigenvalue weighted by molar-refractivity contribution is -0.153. The molecule has 4 heteroatoms. The summed E-state index contributed by atoms with van der Waals surface area (Å²) in [5, 5.41) is 0.265. The van der Waals surface area contributed by atoms with Crippen molar-refractivity contribution in [3.8, 4) is 0 Å². The molecule has 5 unspecified atom stereocenters. The summed E-state index contributed by atoms with van der Waals surface area (Å²) in [6, 6.07) is 0. The van der Waals surface area contributed by atoms with Gasteiger partial charge in [0.15, 0.2) is 14.6 Å². The van der Waals surface area contributed by atoms with Crippen molar-refractivity contribution in [1.82, 2.24) is 0 Å². The van der Waals surface area contributed by atoms with Gasteiger partial charge in [0.25, 0.3) is 0 Å². The van der Waals surface area contributed by atoms with E-state index >= 15 is 0 Å². The molecule has 1 aliphatic carbocycles. The molecule has 5 atom stereocenters. The maximum Gasteiger partial charge on any atom is 0.192 e. The van der Waals surface area contributed by atoms with Crippen molar-refractivity contribution in [2.45, 2.75) is 70.2 Å². The first kappa shape index (κ1) is 13.1. The van der Waals surface area contributed by atoms with Gasteiger partial charge in [-0.05, 0) is 31.0 Å². The van der Waals surface area contributed by atoms with Gasteiger partial charge >= 0.3 is 0 Å². The number of hydrogen-bond donors (Lipinski definition) is 0. The Labute approximate surface area is 111 Å². The van der Waals surface area contributed by atoms with Crippen LogP contribution in [0.1, 0.15) is 33.6 Å². The van der Waals surface area contributed by atoms with Crippen molar-refractivity contribution < 1.29 is 13.9 Å². The third kappa shape index (κ3) is 1.98. The van der Waals surface area contributed by atoms with Gasteiger partial charge in [0.05, 0.1) is 18.8 Å². The molecule has 0 aromatic rings. The molecule has 0 spiro atoms. The fourth-order valence-corrected chi connectivity index (χ4v) is 4.62. The first-order valence-corrected chi connectivity index (χ1v) is 10.1. The Morgan fingerprint density at radius 3 is 2.50 bits per heavy atom. The normalized spacial score (nSPS) is 43.5. The highest BCUT2D eigenvalue weighted by molar-refractivity contribution is 6.74. The minimum atomic E-state index is -1.71. The Balaban J connectivity index is 1.77. The minimum Gasteiger partial charge on any atom is -0.411 e. The molecular weight excluding hydrogens is 244 g/mol. The van der Waals surface area contributed by atoms with Gasteiger partial charge in [0.2, 0.25) is 0 Å². The number of ether oxygens (including phenoxy) is 2. The van der Waals surface area contributed by atoms with E-state index in [9.17, 15) is 0 Å². The fourth-order valence-electron chi connectivity index (χ4n) is 3.24. The van der Waals surface area contributed by atoms with Gasteiger partial charge in [-0.25, -0.2) is 0 Å². The van der Waals surface area contributed by atoms with Gasteiger partial charge in [-0.2, -0.15) is 0 Å². The zero-order chi connectivity index (χ0) is 13.1. The number of fused-ring (bicyclic) bond motifs is 2. The molecular formula is C14H26O3Si. The smallest absolute Gasteiger partial charge is 0.192 e. The van der Waals surface area contributed by atoms with Crippen LogP contribution in [0.2, 0.25) is 18.1 Å². The Bertz CT molecular complexity index is 328. The summed E-state index contributed by atoms with van der Waals surface area (Å²) in [5.74, 6) is 1.19. The first-order valence-electron chi connectivity index (χ1n) is 7.23. The quantitative estimate of drug-likeness (QED) is 0.721. The molecule has 1 saturated carbocycles. The molecule has 3 aliphatic rings. The summed E-state index contributed by atoms with van der Waals surface area (Å²) in [5.41, 5.74) is 0. The van der Waals surface area contributed by atoms with Crippen molar-refractivity contribution in [2.75, 3.05) is 6.61 Å². The number of rotatable bonds is 2.